The third-order valence-corrected chi connectivity index (χ3v) is 2.84. The normalized spacial score (nSPS) is 11.9. The number of amides is 1. The lowest BCUT2D eigenvalue weighted by atomic mass is 10.1. The molecule has 0 saturated heterocycles. The van der Waals surface area contributed by atoms with Crippen molar-refractivity contribution in [3.8, 4) is 0 Å². The highest BCUT2D eigenvalue weighted by Gasteiger charge is 2.17. The quantitative estimate of drug-likeness (QED) is 0.901. The molecule has 0 radical (unpaired) electrons. The van der Waals surface area contributed by atoms with Gasteiger partial charge in [0.25, 0.3) is 0 Å². The third-order valence-electron chi connectivity index (χ3n) is 2.84. The van der Waals surface area contributed by atoms with Crippen LogP contribution in [0.3, 0.4) is 0 Å². The predicted octanol–water partition coefficient (Wildman–Crippen LogP) is 2.47. The zero-order chi connectivity index (χ0) is 14.5. The van der Waals surface area contributed by atoms with Gasteiger partial charge in [-0.05, 0) is 24.1 Å². The Morgan fingerprint density at radius 2 is 1.80 bits per heavy atom. The molecule has 1 amide bonds. The molecule has 0 aliphatic heterocycles. The summed E-state index contributed by atoms with van der Waals surface area (Å²) in [6, 6.07) is 12.0. The fraction of sp³-hybridized carbons (Fsp3) is 0.133. The molecule has 2 rings (SSSR count). The minimum absolute atomic E-state index is 0.210. The van der Waals surface area contributed by atoms with E-state index in [1.54, 1.807) is 0 Å². The van der Waals surface area contributed by atoms with Gasteiger partial charge < -0.3 is 11.1 Å². The molecule has 0 aliphatic carbocycles. The summed E-state index contributed by atoms with van der Waals surface area (Å²) in [6.07, 6.45) is 0.323. The maximum atomic E-state index is 13.4. The van der Waals surface area contributed by atoms with E-state index in [2.05, 4.69) is 5.32 Å². The van der Waals surface area contributed by atoms with Crippen LogP contribution < -0.4 is 11.1 Å². The van der Waals surface area contributed by atoms with E-state index in [0.29, 0.717) is 6.42 Å². The van der Waals surface area contributed by atoms with E-state index >= 15 is 0 Å². The van der Waals surface area contributed by atoms with Crippen molar-refractivity contribution in [3.05, 3.63) is 65.7 Å². The van der Waals surface area contributed by atoms with Gasteiger partial charge in [-0.15, -0.1) is 0 Å². The van der Waals surface area contributed by atoms with Gasteiger partial charge >= 0.3 is 0 Å². The topological polar surface area (TPSA) is 55.1 Å². The Labute approximate surface area is 115 Å². The number of hydrogen-bond donors (Lipinski definition) is 2. The van der Waals surface area contributed by atoms with E-state index in [-0.39, 0.29) is 5.69 Å². The molecular formula is C15H14F2N2O. The summed E-state index contributed by atoms with van der Waals surface area (Å²) in [5.74, 6) is -2.66. The van der Waals surface area contributed by atoms with Crippen LogP contribution in [-0.2, 0) is 11.2 Å². The van der Waals surface area contributed by atoms with Crippen LogP contribution in [0.15, 0.2) is 48.5 Å². The van der Waals surface area contributed by atoms with Crippen molar-refractivity contribution >= 4 is 11.6 Å². The molecule has 0 saturated carbocycles. The van der Waals surface area contributed by atoms with Crippen LogP contribution in [-0.4, -0.2) is 11.9 Å². The molecule has 1 atom stereocenters. The second kappa shape index (κ2) is 6.25. The largest absolute Gasteiger partial charge is 0.322 e. The maximum Gasteiger partial charge on any atom is 0.241 e. The Hall–Kier alpha value is -2.27. The molecule has 0 spiro atoms. The smallest absolute Gasteiger partial charge is 0.241 e. The molecule has 0 heterocycles. The highest BCUT2D eigenvalue weighted by Crippen LogP contribution is 2.16. The number of carbonyl (C=O) groups excluding carboxylic acids is 1. The van der Waals surface area contributed by atoms with Crippen LogP contribution in [0, 0.1) is 11.6 Å². The number of anilines is 1. The molecule has 3 N–H and O–H groups in total. The van der Waals surface area contributed by atoms with E-state index in [0.717, 1.165) is 11.6 Å². The first-order chi connectivity index (χ1) is 9.58. The van der Waals surface area contributed by atoms with Gasteiger partial charge in [-0.2, -0.15) is 0 Å². The minimum atomic E-state index is -1.09. The maximum absolute atomic E-state index is 13.4. The van der Waals surface area contributed by atoms with Crippen molar-refractivity contribution < 1.29 is 13.6 Å². The molecule has 0 fully saturated rings. The van der Waals surface area contributed by atoms with E-state index in [9.17, 15) is 13.6 Å². The van der Waals surface area contributed by atoms with Gasteiger partial charge in [0.2, 0.25) is 5.91 Å². The molecule has 0 bridgehead atoms. The number of nitrogens with one attached hydrogen (secondary N) is 1. The molecule has 0 unspecified atom stereocenters. The molecule has 0 aromatic heterocycles. The summed E-state index contributed by atoms with van der Waals surface area (Å²) in [6.45, 7) is 0. The van der Waals surface area contributed by atoms with E-state index < -0.39 is 23.6 Å². The summed E-state index contributed by atoms with van der Waals surface area (Å²) in [5.41, 5.74) is 6.45. The van der Waals surface area contributed by atoms with Crippen molar-refractivity contribution in [1.82, 2.24) is 0 Å². The third kappa shape index (κ3) is 3.39. The molecule has 3 nitrogen and oxygen atoms in total. The van der Waals surface area contributed by atoms with Crippen LogP contribution >= 0.6 is 0 Å². The van der Waals surface area contributed by atoms with Crippen LogP contribution in [0.2, 0.25) is 0 Å². The van der Waals surface area contributed by atoms with Gasteiger partial charge in [-0.25, -0.2) is 8.78 Å². The number of nitrogens with two attached hydrogens (primary N) is 1. The average molecular weight is 276 g/mol. The van der Waals surface area contributed by atoms with Gasteiger partial charge in [0.05, 0.1) is 11.7 Å². The highest BCUT2D eigenvalue weighted by molar-refractivity contribution is 5.94. The Balaban J connectivity index is 2.03. The van der Waals surface area contributed by atoms with Crippen molar-refractivity contribution in [2.45, 2.75) is 12.5 Å². The molecule has 0 aliphatic rings. The summed E-state index contributed by atoms with van der Waals surface area (Å²) < 4.78 is 26.4. The second-order valence-corrected chi connectivity index (χ2v) is 4.39. The van der Waals surface area contributed by atoms with E-state index in [1.165, 1.54) is 12.1 Å². The lowest BCUT2D eigenvalue weighted by molar-refractivity contribution is -0.117. The van der Waals surface area contributed by atoms with Gasteiger partial charge in [0.15, 0.2) is 11.6 Å². The van der Waals surface area contributed by atoms with Gasteiger partial charge in [-0.3, -0.25) is 4.79 Å². The molecule has 20 heavy (non-hydrogen) atoms. The van der Waals surface area contributed by atoms with Gasteiger partial charge in [0, 0.05) is 0 Å². The second-order valence-electron chi connectivity index (χ2n) is 4.39. The number of hydrogen-bond acceptors (Lipinski definition) is 2. The zero-order valence-electron chi connectivity index (χ0n) is 10.6. The monoisotopic (exact) mass is 276 g/mol. The van der Waals surface area contributed by atoms with Crippen molar-refractivity contribution in [2.75, 3.05) is 5.32 Å². The Bertz CT molecular complexity index is 602. The fourth-order valence-corrected chi connectivity index (χ4v) is 1.79. The molecule has 2 aromatic rings. The van der Waals surface area contributed by atoms with Gasteiger partial charge in [0.1, 0.15) is 0 Å². The standard InChI is InChI=1S/C15H14F2N2O/c16-11-7-4-8-13(14(11)17)19-15(20)12(18)9-10-5-2-1-3-6-10/h1-8,12H,9,18H2,(H,19,20)/t12-/m0/s1. The summed E-state index contributed by atoms with van der Waals surface area (Å²) in [5, 5.41) is 2.29. The van der Waals surface area contributed by atoms with E-state index in [4.69, 9.17) is 5.73 Å². The first-order valence-corrected chi connectivity index (χ1v) is 6.12. The SMILES string of the molecule is N[C@@H](Cc1ccccc1)C(=O)Nc1cccc(F)c1F. The Kier molecular flexibility index (Phi) is 4.42. The molecule has 104 valence electrons. The minimum Gasteiger partial charge on any atom is -0.322 e. The average Bonchev–Trinajstić information content (AvgIpc) is 2.45. The summed E-state index contributed by atoms with van der Waals surface area (Å²) >= 11 is 0. The summed E-state index contributed by atoms with van der Waals surface area (Å²) in [7, 11) is 0. The number of carbonyl (C=O) groups is 1. The van der Waals surface area contributed by atoms with Crippen LogP contribution in [0.1, 0.15) is 5.56 Å². The zero-order valence-corrected chi connectivity index (χ0v) is 10.6. The number of halogens is 2. The Morgan fingerprint density at radius 3 is 2.50 bits per heavy atom. The summed E-state index contributed by atoms with van der Waals surface area (Å²) in [4.78, 5) is 11.9. The number of rotatable bonds is 4. The first kappa shape index (κ1) is 14.1. The van der Waals surface area contributed by atoms with Crippen molar-refractivity contribution in [3.63, 3.8) is 0 Å². The van der Waals surface area contributed by atoms with E-state index in [1.807, 2.05) is 30.3 Å². The van der Waals surface area contributed by atoms with Gasteiger partial charge in [-0.1, -0.05) is 36.4 Å². The predicted molar refractivity (Wildman–Crippen MR) is 73.1 cm³/mol. The lowest BCUT2D eigenvalue weighted by Crippen LogP contribution is -2.37. The molecule has 5 heteroatoms. The van der Waals surface area contributed by atoms with Crippen LogP contribution in [0.25, 0.3) is 0 Å². The lowest BCUT2D eigenvalue weighted by Gasteiger charge is -2.13. The Morgan fingerprint density at radius 1 is 1.10 bits per heavy atom. The van der Waals surface area contributed by atoms with Crippen molar-refractivity contribution in [1.29, 1.82) is 0 Å². The number of benzene rings is 2. The van der Waals surface area contributed by atoms with Crippen LogP contribution in [0.4, 0.5) is 14.5 Å². The van der Waals surface area contributed by atoms with Crippen LogP contribution in [0.5, 0.6) is 0 Å². The first-order valence-electron chi connectivity index (χ1n) is 6.12. The fourth-order valence-electron chi connectivity index (χ4n) is 1.79. The van der Waals surface area contributed by atoms with Crippen molar-refractivity contribution in [2.24, 2.45) is 5.73 Å². The highest BCUT2D eigenvalue weighted by atomic mass is 19.2. The molecular weight excluding hydrogens is 262 g/mol. The molecule has 2 aromatic carbocycles.